The summed E-state index contributed by atoms with van der Waals surface area (Å²) in [4.78, 5) is 7.01. The van der Waals surface area contributed by atoms with Crippen LogP contribution in [-0.2, 0) is 6.61 Å². The van der Waals surface area contributed by atoms with E-state index in [9.17, 15) is 0 Å². The van der Waals surface area contributed by atoms with Gasteiger partial charge in [0.25, 0.3) is 0 Å². The van der Waals surface area contributed by atoms with Gasteiger partial charge < -0.3 is 9.72 Å². The molecular formula is C10H9N2O. The summed E-state index contributed by atoms with van der Waals surface area (Å²) in [6.45, 7) is 0.469. The van der Waals surface area contributed by atoms with E-state index in [0.29, 0.717) is 6.61 Å². The smallest absolute Gasteiger partial charge is 0.146 e. The van der Waals surface area contributed by atoms with E-state index >= 15 is 0 Å². The Bertz CT molecular complexity index is 342. The van der Waals surface area contributed by atoms with Crippen LogP contribution in [0.2, 0.25) is 0 Å². The lowest BCUT2D eigenvalue weighted by Crippen LogP contribution is -1.96. The standard InChI is InChI=1S/C10H9N2O/c1-2-4-9(5-3-1)13-8-10-11-6-7-12-10/h2-7H,8H2,(H,11,12). The molecule has 3 nitrogen and oxygen atoms in total. The molecule has 65 valence electrons. The van der Waals surface area contributed by atoms with Crippen LogP contribution in [0.25, 0.3) is 0 Å². The first-order valence-corrected chi connectivity index (χ1v) is 4.02. The molecule has 2 rings (SSSR count). The molecular weight excluding hydrogens is 164 g/mol. The normalized spacial score (nSPS) is 9.85. The number of rotatable bonds is 3. The van der Waals surface area contributed by atoms with Crippen LogP contribution in [0.5, 0.6) is 5.75 Å². The molecule has 13 heavy (non-hydrogen) atoms. The highest BCUT2D eigenvalue weighted by molar-refractivity contribution is 5.20. The molecule has 0 saturated heterocycles. The fraction of sp³-hybridized carbons (Fsp3) is 0.100. The van der Waals surface area contributed by atoms with Crippen LogP contribution in [0.3, 0.4) is 0 Å². The van der Waals surface area contributed by atoms with Gasteiger partial charge >= 0.3 is 0 Å². The molecule has 3 heteroatoms. The molecule has 0 bridgehead atoms. The van der Waals surface area contributed by atoms with Crippen molar-refractivity contribution in [2.75, 3.05) is 0 Å². The second kappa shape index (κ2) is 3.76. The van der Waals surface area contributed by atoms with Gasteiger partial charge in [0.15, 0.2) is 0 Å². The lowest BCUT2D eigenvalue weighted by molar-refractivity contribution is 0.297. The van der Waals surface area contributed by atoms with Crippen molar-refractivity contribution in [1.29, 1.82) is 0 Å². The number of nitrogens with zero attached hydrogens (tertiary/aromatic N) is 1. The summed E-state index contributed by atoms with van der Waals surface area (Å²) in [6.07, 6.45) is 3.48. The average molecular weight is 173 g/mol. The molecule has 2 aromatic rings. The number of imidazole rings is 1. The zero-order chi connectivity index (χ0) is 8.93. The fourth-order valence-corrected chi connectivity index (χ4v) is 0.996. The summed E-state index contributed by atoms with van der Waals surface area (Å²) in [5.74, 6) is 1.66. The van der Waals surface area contributed by atoms with Gasteiger partial charge in [0.1, 0.15) is 18.2 Å². The van der Waals surface area contributed by atoms with Gasteiger partial charge in [-0.1, -0.05) is 12.1 Å². The number of aromatic amines is 1. The Kier molecular flexibility index (Phi) is 2.27. The molecule has 0 unspecified atom stereocenters. The van der Waals surface area contributed by atoms with E-state index in [4.69, 9.17) is 4.74 Å². The third-order valence-corrected chi connectivity index (χ3v) is 1.62. The van der Waals surface area contributed by atoms with Crippen molar-refractivity contribution >= 4 is 0 Å². The van der Waals surface area contributed by atoms with Gasteiger partial charge in [-0.25, -0.2) is 4.98 Å². The molecule has 1 N–H and O–H groups in total. The Morgan fingerprint density at radius 1 is 1.38 bits per heavy atom. The van der Waals surface area contributed by atoms with Crippen LogP contribution in [0.4, 0.5) is 0 Å². The molecule has 0 amide bonds. The first-order chi connectivity index (χ1) is 6.45. The van der Waals surface area contributed by atoms with Crippen LogP contribution in [-0.4, -0.2) is 9.97 Å². The van der Waals surface area contributed by atoms with Crippen molar-refractivity contribution < 1.29 is 4.74 Å². The summed E-state index contributed by atoms with van der Waals surface area (Å²) in [6, 6.07) is 10.3. The maximum atomic E-state index is 5.44. The predicted octanol–water partition coefficient (Wildman–Crippen LogP) is 1.79. The highest BCUT2D eigenvalue weighted by Crippen LogP contribution is 2.09. The quantitative estimate of drug-likeness (QED) is 0.768. The Morgan fingerprint density at radius 2 is 2.23 bits per heavy atom. The average Bonchev–Trinajstić information content (AvgIpc) is 2.69. The molecule has 0 fully saturated rings. The number of hydrogen-bond donors (Lipinski definition) is 1. The van der Waals surface area contributed by atoms with Gasteiger partial charge in [-0.2, -0.15) is 0 Å². The van der Waals surface area contributed by atoms with E-state index in [1.807, 2.05) is 24.3 Å². The highest BCUT2D eigenvalue weighted by Gasteiger charge is 1.95. The third-order valence-electron chi connectivity index (χ3n) is 1.62. The zero-order valence-electron chi connectivity index (χ0n) is 7.03. The number of aromatic nitrogens is 2. The van der Waals surface area contributed by atoms with E-state index in [1.165, 1.54) is 0 Å². The van der Waals surface area contributed by atoms with Crippen molar-refractivity contribution in [3.63, 3.8) is 0 Å². The number of ether oxygens (including phenoxy) is 1. The lowest BCUT2D eigenvalue weighted by atomic mass is 10.3. The first kappa shape index (κ1) is 7.86. The predicted molar refractivity (Wildman–Crippen MR) is 48.2 cm³/mol. The number of H-pyrrole nitrogens is 1. The minimum Gasteiger partial charge on any atom is -0.486 e. The molecule has 0 aliphatic carbocycles. The van der Waals surface area contributed by atoms with E-state index < -0.39 is 0 Å². The lowest BCUT2D eigenvalue weighted by Gasteiger charge is -2.02. The number of hydrogen-bond acceptors (Lipinski definition) is 2. The Morgan fingerprint density at radius 3 is 2.92 bits per heavy atom. The van der Waals surface area contributed by atoms with Gasteiger partial charge in [-0.05, 0) is 18.2 Å². The molecule has 0 aliphatic rings. The van der Waals surface area contributed by atoms with E-state index in [2.05, 4.69) is 16.0 Å². The van der Waals surface area contributed by atoms with Crippen molar-refractivity contribution in [1.82, 2.24) is 9.97 Å². The van der Waals surface area contributed by atoms with E-state index in [-0.39, 0.29) is 0 Å². The molecule has 0 spiro atoms. The summed E-state index contributed by atoms with van der Waals surface area (Å²) in [5.41, 5.74) is 0. The molecule has 1 radical (unpaired) electrons. The Balaban J connectivity index is 1.94. The zero-order valence-corrected chi connectivity index (χ0v) is 7.03. The largest absolute Gasteiger partial charge is 0.486 e. The second-order valence-corrected chi connectivity index (χ2v) is 2.56. The molecule has 1 aromatic heterocycles. The fourth-order valence-electron chi connectivity index (χ4n) is 0.996. The maximum Gasteiger partial charge on any atom is 0.146 e. The molecule has 0 atom stereocenters. The minimum atomic E-state index is 0.469. The maximum absolute atomic E-state index is 5.44. The topological polar surface area (TPSA) is 37.9 Å². The molecule has 0 saturated carbocycles. The van der Waals surface area contributed by atoms with E-state index in [1.54, 1.807) is 12.4 Å². The molecule has 1 aromatic carbocycles. The van der Waals surface area contributed by atoms with Crippen LogP contribution >= 0.6 is 0 Å². The van der Waals surface area contributed by atoms with Crippen LogP contribution < -0.4 is 4.74 Å². The minimum absolute atomic E-state index is 0.469. The number of nitrogens with one attached hydrogen (secondary N) is 1. The van der Waals surface area contributed by atoms with Crippen molar-refractivity contribution in [2.24, 2.45) is 0 Å². The van der Waals surface area contributed by atoms with Gasteiger partial charge in [0.2, 0.25) is 0 Å². The first-order valence-electron chi connectivity index (χ1n) is 4.02. The second-order valence-electron chi connectivity index (χ2n) is 2.56. The van der Waals surface area contributed by atoms with Crippen molar-refractivity contribution in [3.8, 4) is 5.75 Å². The number of benzene rings is 1. The van der Waals surface area contributed by atoms with Gasteiger partial charge in [0, 0.05) is 12.4 Å². The van der Waals surface area contributed by atoms with Crippen LogP contribution in [0, 0.1) is 6.07 Å². The highest BCUT2D eigenvalue weighted by atomic mass is 16.5. The monoisotopic (exact) mass is 173 g/mol. The van der Waals surface area contributed by atoms with Crippen LogP contribution in [0.15, 0.2) is 36.7 Å². The SMILES string of the molecule is [c]1ccc(OCc2ncc[nH]2)cc1. The van der Waals surface area contributed by atoms with Crippen molar-refractivity contribution in [2.45, 2.75) is 6.61 Å². The Hall–Kier alpha value is -1.77. The summed E-state index contributed by atoms with van der Waals surface area (Å²) < 4.78 is 5.44. The molecule has 0 aliphatic heterocycles. The third kappa shape index (κ3) is 2.08. The summed E-state index contributed by atoms with van der Waals surface area (Å²) in [5, 5.41) is 0. The Labute approximate surface area is 76.4 Å². The van der Waals surface area contributed by atoms with Crippen molar-refractivity contribution in [3.05, 3.63) is 48.5 Å². The summed E-state index contributed by atoms with van der Waals surface area (Å²) >= 11 is 0. The van der Waals surface area contributed by atoms with Crippen LogP contribution in [0.1, 0.15) is 5.82 Å². The van der Waals surface area contributed by atoms with Gasteiger partial charge in [-0.3, -0.25) is 0 Å². The summed E-state index contributed by atoms with van der Waals surface area (Å²) in [7, 11) is 0. The van der Waals surface area contributed by atoms with Gasteiger partial charge in [0.05, 0.1) is 0 Å². The van der Waals surface area contributed by atoms with Gasteiger partial charge in [-0.15, -0.1) is 0 Å². The molecule has 1 heterocycles. The van der Waals surface area contributed by atoms with E-state index in [0.717, 1.165) is 11.6 Å².